The summed E-state index contributed by atoms with van der Waals surface area (Å²) in [6.07, 6.45) is 1.75. The van der Waals surface area contributed by atoms with E-state index in [1.54, 1.807) is 14.2 Å². The van der Waals surface area contributed by atoms with E-state index < -0.39 is 0 Å². The van der Waals surface area contributed by atoms with E-state index in [4.69, 9.17) is 9.47 Å². The first-order valence-electron chi connectivity index (χ1n) is 8.03. The van der Waals surface area contributed by atoms with Crippen LogP contribution in [0.25, 0.3) is 0 Å². The minimum absolute atomic E-state index is 0.875. The van der Waals surface area contributed by atoms with Crippen molar-refractivity contribution < 1.29 is 9.47 Å². The Kier molecular flexibility index (Phi) is 5.17. The van der Waals surface area contributed by atoms with Gasteiger partial charge in [0.05, 0.1) is 14.2 Å². The number of hydrogen-bond donors (Lipinski definition) is 0. The van der Waals surface area contributed by atoms with Crippen molar-refractivity contribution in [1.29, 1.82) is 0 Å². The summed E-state index contributed by atoms with van der Waals surface area (Å²) < 4.78 is 10.4. The highest BCUT2D eigenvalue weighted by molar-refractivity contribution is 5.35. The Labute approximate surface area is 143 Å². The second-order valence-corrected chi connectivity index (χ2v) is 5.75. The molecular formula is C22H21O2. The topological polar surface area (TPSA) is 18.5 Å². The van der Waals surface area contributed by atoms with Crippen molar-refractivity contribution in [2.75, 3.05) is 14.2 Å². The maximum atomic E-state index is 5.20. The molecule has 0 saturated carbocycles. The summed E-state index contributed by atoms with van der Waals surface area (Å²) in [7, 11) is 3.37. The predicted octanol–water partition coefficient (Wildman–Crippen LogP) is 4.69. The molecule has 2 heteroatoms. The molecule has 0 saturated heterocycles. The number of methoxy groups -OCH3 is 2. The molecule has 0 unspecified atom stereocenters. The molecule has 0 bridgehead atoms. The minimum atomic E-state index is 0.875. The van der Waals surface area contributed by atoms with Crippen LogP contribution in [-0.2, 0) is 12.8 Å². The smallest absolute Gasteiger partial charge is 0.118 e. The zero-order valence-electron chi connectivity index (χ0n) is 14.1. The highest BCUT2D eigenvalue weighted by Gasteiger charge is 2.02. The third-order valence-corrected chi connectivity index (χ3v) is 4.02. The second kappa shape index (κ2) is 7.69. The third kappa shape index (κ3) is 4.17. The van der Waals surface area contributed by atoms with Gasteiger partial charge in [-0.1, -0.05) is 42.5 Å². The van der Waals surface area contributed by atoms with Gasteiger partial charge < -0.3 is 9.47 Å². The van der Waals surface area contributed by atoms with Gasteiger partial charge >= 0.3 is 0 Å². The number of hydrogen-bond acceptors (Lipinski definition) is 2. The molecule has 3 aromatic carbocycles. The van der Waals surface area contributed by atoms with Gasteiger partial charge in [0.25, 0.3) is 0 Å². The molecule has 3 rings (SSSR count). The molecule has 0 fully saturated rings. The van der Waals surface area contributed by atoms with Crippen molar-refractivity contribution in [2.45, 2.75) is 12.8 Å². The molecule has 0 atom stereocenters. The molecule has 0 aliphatic rings. The van der Waals surface area contributed by atoms with Crippen LogP contribution < -0.4 is 9.47 Å². The van der Waals surface area contributed by atoms with Gasteiger partial charge in [0.1, 0.15) is 11.5 Å². The molecular weight excluding hydrogens is 296 g/mol. The van der Waals surface area contributed by atoms with Crippen LogP contribution in [0.5, 0.6) is 11.5 Å². The SMILES string of the molecule is COc1ccc(Cc2[c]c(Cc3ccc(OC)cc3)ccc2)cc1. The normalized spacial score (nSPS) is 10.4. The highest BCUT2D eigenvalue weighted by atomic mass is 16.5. The summed E-state index contributed by atoms with van der Waals surface area (Å²) >= 11 is 0. The lowest BCUT2D eigenvalue weighted by Gasteiger charge is -2.07. The first-order chi connectivity index (χ1) is 11.8. The first kappa shape index (κ1) is 16.1. The van der Waals surface area contributed by atoms with Gasteiger partial charge in [-0.3, -0.25) is 0 Å². The third-order valence-electron chi connectivity index (χ3n) is 4.02. The molecule has 0 heterocycles. The van der Waals surface area contributed by atoms with Gasteiger partial charge in [-0.25, -0.2) is 0 Å². The fraction of sp³-hybridized carbons (Fsp3) is 0.182. The first-order valence-corrected chi connectivity index (χ1v) is 8.03. The Balaban J connectivity index is 1.70. The van der Waals surface area contributed by atoms with Crippen molar-refractivity contribution in [3.63, 3.8) is 0 Å². The van der Waals surface area contributed by atoms with Crippen molar-refractivity contribution in [3.05, 3.63) is 95.1 Å². The van der Waals surface area contributed by atoms with E-state index in [-0.39, 0.29) is 0 Å². The van der Waals surface area contributed by atoms with Gasteiger partial charge in [-0.2, -0.15) is 0 Å². The lowest BCUT2D eigenvalue weighted by Crippen LogP contribution is -1.94. The molecule has 3 aromatic rings. The zero-order chi connectivity index (χ0) is 16.8. The van der Waals surface area contributed by atoms with E-state index in [0.717, 1.165) is 24.3 Å². The fourth-order valence-corrected chi connectivity index (χ4v) is 2.70. The second-order valence-electron chi connectivity index (χ2n) is 5.75. The minimum Gasteiger partial charge on any atom is -0.497 e. The van der Waals surface area contributed by atoms with Crippen molar-refractivity contribution >= 4 is 0 Å². The summed E-state index contributed by atoms with van der Waals surface area (Å²) in [6, 6.07) is 26.3. The van der Waals surface area contributed by atoms with E-state index in [1.807, 2.05) is 24.3 Å². The maximum absolute atomic E-state index is 5.20. The quantitative estimate of drug-likeness (QED) is 0.657. The molecule has 2 nitrogen and oxygen atoms in total. The van der Waals surface area contributed by atoms with Crippen LogP contribution in [0.4, 0.5) is 0 Å². The summed E-state index contributed by atoms with van der Waals surface area (Å²) in [6.45, 7) is 0. The average molecular weight is 317 g/mol. The van der Waals surface area contributed by atoms with Crippen LogP contribution >= 0.6 is 0 Å². The molecule has 0 spiro atoms. The standard InChI is InChI=1S/C22H21O2/c1-23-21-10-6-17(7-11-21)14-19-4-3-5-20(16-19)15-18-8-12-22(24-2)13-9-18/h3-13H,14-15H2,1-2H3. The predicted molar refractivity (Wildman–Crippen MR) is 96.9 cm³/mol. The van der Waals surface area contributed by atoms with Crippen LogP contribution in [0, 0.1) is 6.07 Å². The van der Waals surface area contributed by atoms with Crippen LogP contribution in [-0.4, -0.2) is 14.2 Å². The maximum Gasteiger partial charge on any atom is 0.118 e. The number of benzene rings is 3. The van der Waals surface area contributed by atoms with E-state index in [1.165, 1.54) is 22.3 Å². The Morgan fingerprint density at radius 3 is 1.42 bits per heavy atom. The van der Waals surface area contributed by atoms with Crippen molar-refractivity contribution in [1.82, 2.24) is 0 Å². The summed E-state index contributed by atoms with van der Waals surface area (Å²) in [5.74, 6) is 1.77. The lowest BCUT2D eigenvalue weighted by molar-refractivity contribution is 0.414. The zero-order valence-corrected chi connectivity index (χ0v) is 14.1. The molecule has 1 radical (unpaired) electrons. The Morgan fingerprint density at radius 1 is 0.625 bits per heavy atom. The molecule has 121 valence electrons. The fourth-order valence-electron chi connectivity index (χ4n) is 2.70. The molecule has 0 N–H and O–H groups in total. The average Bonchev–Trinajstić information content (AvgIpc) is 2.63. The number of rotatable bonds is 6. The number of ether oxygens (including phenoxy) is 2. The lowest BCUT2D eigenvalue weighted by atomic mass is 9.99. The largest absolute Gasteiger partial charge is 0.497 e. The monoisotopic (exact) mass is 317 g/mol. The van der Waals surface area contributed by atoms with Gasteiger partial charge in [0, 0.05) is 0 Å². The molecule has 0 aromatic heterocycles. The molecule has 0 amide bonds. The van der Waals surface area contributed by atoms with E-state index in [9.17, 15) is 0 Å². The molecule has 0 aliphatic carbocycles. The Morgan fingerprint density at radius 2 is 1.04 bits per heavy atom. The van der Waals surface area contributed by atoms with Crippen molar-refractivity contribution in [2.24, 2.45) is 0 Å². The molecule has 24 heavy (non-hydrogen) atoms. The van der Waals surface area contributed by atoms with Gasteiger partial charge in [-0.15, -0.1) is 0 Å². The van der Waals surface area contributed by atoms with Crippen LogP contribution in [0.15, 0.2) is 66.7 Å². The van der Waals surface area contributed by atoms with Gasteiger partial charge in [0.15, 0.2) is 0 Å². The Hall–Kier alpha value is -2.74. The highest BCUT2D eigenvalue weighted by Crippen LogP contribution is 2.18. The summed E-state index contributed by atoms with van der Waals surface area (Å²) in [5, 5.41) is 0. The van der Waals surface area contributed by atoms with Crippen LogP contribution in [0.1, 0.15) is 22.3 Å². The molecule has 0 aliphatic heterocycles. The van der Waals surface area contributed by atoms with Gasteiger partial charge in [-0.05, 0) is 65.4 Å². The van der Waals surface area contributed by atoms with Crippen LogP contribution in [0.2, 0.25) is 0 Å². The summed E-state index contributed by atoms with van der Waals surface area (Å²) in [4.78, 5) is 0. The van der Waals surface area contributed by atoms with E-state index in [2.05, 4.69) is 48.5 Å². The Bertz CT molecular complexity index is 709. The summed E-state index contributed by atoms with van der Waals surface area (Å²) in [5.41, 5.74) is 4.92. The van der Waals surface area contributed by atoms with Gasteiger partial charge in [0.2, 0.25) is 0 Å². The van der Waals surface area contributed by atoms with Crippen molar-refractivity contribution in [3.8, 4) is 11.5 Å². The van der Waals surface area contributed by atoms with E-state index >= 15 is 0 Å². The van der Waals surface area contributed by atoms with Crippen LogP contribution in [0.3, 0.4) is 0 Å². The van der Waals surface area contributed by atoms with E-state index in [0.29, 0.717) is 0 Å².